The number of nitrogens with one attached hydrogen (secondary N) is 4. The van der Waals surface area contributed by atoms with Gasteiger partial charge in [-0.15, -0.1) is 0 Å². The van der Waals surface area contributed by atoms with Crippen molar-refractivity contribution in [1.29, 1.82) is 0 Å². The Morgan fingerprint density at radius 1 is 0.679 bits per heavy atom. The van der Waals surface area contributed by atoms with Crippen LogP contribution in [0.1, 0.15) is 69.7 Å². The van der Waals surface area contributed by atoms with E-state index in [1.54, 1.807) is 22.2 Å². The fraction of sp³-hybridized carbons (Fsp3) is 0.425. The summed E-state index contributed by atoms with van der Waals surface area (Å²) in [6, 6.07) is 13.8. The molecule has 16 nitrogen and oxygen atoms in total. The average molecular weight is 769 g/mol. The van der Waals surface area contributed by atoms with Crippen molar-refractivity contribution in [3.8, 4) is 33.6 Å². The van der Waals surface area contributed by atoms with Crippen LogP contribution < -0.4 is 10.6 Å². The van der Waals surface area contributed by atoms with E-state index in [0.717, 1.165) is 52.9 Å². The molecule has 4 amide bonds. The number of aromatic nitrogens is 4. The molecule has 0 unspecified atom stereocenters. The number of hydrogen-bond donors (Lipinski definition) is 4. The minimum absolute atomic E-state index is 0.115. The monoisotopic (exact) mass is 768 g/mol. The number of alkyl carbamates (subject to hydrolysis) is 2. The Hall–Kier alpha value is -6.19. The number of likely N-dealkylation sites (tertiary alicyclic amines) is 2. The highest BCUT2D eigenvalue weighted by atomic mass is 16.5. The molecule has 2 aliphatic heterocycles. The van der Waals surface area contributed by atoms with E-state index in [9.17, 15) is 24.0 Å². The number of amides is 4. The lowest BCUT2D eigenvalue weighted by Gasteiger charge is -2.30. The number of nitrogens with zero attached hydrogens (tertiary/aromatic N) is 4. The minimum Gasteiger partial charge on any atom is -0.469 e. The minimum atomic E-state index is -1.13. The van der Waals surface area contributed by atoms with Crippen LogP contribution in [0.3, 0.4) is 0 Å². The van der Waals surface area contributed by atoms with Crippen molar-refractivity contribution in [3.05, 3.63) is 72.6 Å². The molecule has 2 aromatic carbocycles. The van der Waals surface area contributed by atoms with E-state index in [1.165, 1.54) is 21.3 Å². The van der Waals surface area contributed by atoms with Gasteiger partial charge in [-0.25, -0.2) is 19.6 Å². The zero-order valence-corrected chi connectivity index (χ0v) is 32.2. The molecule has 4 aromatic rings. The van der Waals surface area contributed by atoms with Crippen molar-refractivity contribution in [3.63, 3.8) is 0 Å². The molecule has 0 spiro atoms. The number of carbonyl (C=O) groups excluding carboxylic acids is 5. The van der Waals surface area contributed by atoms with E-state index in [1.807, 2.05) is 62.4 Å². The van der Waals surface area contributed by atoms with Gasteiger partial charge in [0.15, 0.2) is 0 Å². The van der Waals surface area contributed by atoms with Gasteiger partial charge in [0.1, 0.15) is 23.7 Å². The maximum atomic E-state index is 13.5. The van der Waals surface area contributed by atoms with Crippen LogP contribution >= 0.6 is 0 Å². The fourth-order valence-electron chi connectivity index (χ4n) is 7.35. The second-order valence-electron chi connectivity index (χ2n) is 14.2. The Morgan fingerprint density at radius 2 is 1.12 bits per heavy atom. The highest BCUT2D eigenvalue weighted by Crippen LogP contribution is 2.35. The third kappa shape index (κ3) is 8.69. The molecular weight excluding hydrogens is 720 g/mol. The molecule has 4 N–H and O–H groups in total. The first-order valence-electron chi connectivity index (χ1n) is 18.7. The van der Waals surface area contributed by atoms with Crippen LogP contribution in [0.15, 0.2) is 60.9 Å². The van der Waals surface area contributed by atoms with E-state index >= 15 is 0 Å². The first-order valence-corrected chi connectivity index (χ1v) is 18.7. The standard InChI is InChI=1S/C40H48N8O8/c1-23(2)34(46-40(53)56-5)38(51)48-19-7-9-32(48)36-42-22-30(44-36)27-16-12-25(13-17-27)24-10-14-26(15-11-24)29-21-41-35(43-29)31-8-6-18-47(31)37(50)28(20-33(49)54-3)45-39(52)55-4/h10-17,21-23,28,31-32,34H,6-9,18-20H2,1-5H3,(H,41,43)(H,42,44)(H,45,52)(H,46,53)/t28-,31-,32-,34-/m0/s1. The Kier molecular flexibility index (Phi) is 12.4. The molecule has 0 bridgehead atoms. The van der Waals surface area contributed by atoms with Crippen LogP contribution in [0.25, 0.3) is 33.6 Å². The molecular formula is C40H48N8O8. The molecule has 4 heterocycles. The highest BCUT2D eigenvalue weighted by Gasteiger charge is 2.39. The number of aromatic amines is 2. The zero-order chi connectivity index (χ0) is 39.9. The molecule has 6 rings (SSSR count). The Bertz CT molecular complexity index is 2010. The summed E-state index contributed by atoms with van der Waals surface area (Å²) >= 11 is 0. The average Bonchev–Trinajstić information content (AvgIpc) is 4.06. The highest BCUT2D eigenvalue weighted by molar-refractivity contribution is 5.90. The summed E-state index contributed by atoms with van der Waals surface area (Å²) < 4.78 is 14.1. The van der Waals surface area contributed by atoms with Gasteiger partial charge in [-0.3, -0.25) is 14.4 Å². The van der Waals surface area contributed by atoms with Crippen molar-refractivity contribution in [2.24, 2.45) is 5.92 Å². The fourth-order valence-corrected chi connectivity index (χ4v) is 7.35. The van der Waals surface area contributed by atoms with Gasteiger partial charge in [0.2, 0.25) is 11.8 Å². The van der Waals surface area contributed by atoms with Gasteiger partial charge in [0.05, 0.1) is 63.6 Å². The Morgan fingerprint density at radius 3 is 1.57 bits per heavy atom. The van der Waals surface area contributed by atoms with Gasteiger partial charge >= 0.3 is 18.2 Å². The van der Waals surface area contributed by atoms with Crippen molar-refractivity contribution in [1.82, 2.24) is 40.4 Å². The molecule has 4 atom stereocenters. The second kappa shape index (κ2) is 17.5. The largest absolute Gasteiger partial charge is 0.469 e. The van der Waals surface area contributed by atoms with E-state index in [2.05, 4.69) is 35.3 Å². The Labute approximate surface area is 324 Å². The summed E-state index contributed by atoms with van der Waals surface area (Å²) in [5, 5.41) is 5.14. The van der Waals surface area contributed by atoms with Crippen LogP contribution in [0, 0.1) is 5.92 Å². The predicted octanol–water partition coefficient (Wildman–Crippen LogP) is 5.13. The lowest BCUT2D eigenvalue weighted by Crippen LogP contribution is -2.51. The summed E-state index contributed by atoms with van der Waals surface area (Å²) in [5.74, 6) is 0.0135. The number of ether oxygens (including phenoxy) is 3. The maximum Gasteiger partial charge on any atom is 0.407 e. The van der Waals surface area contributed by atoms with Crippen LogP contribution in [0.5, 0.6) is 0 Å². The third-order valence-electron chi connectivity index (χ3n) is 10.4. The predicted molar refractivity (Wildman–Crippen MR) is 205 cm³/mol. The summed E-state index contributed by atoms with van der Waals surface area (Å²) in [6.07, 6.45) is 4.76. The van der Waals surface area contributed by atoms with E-state index in [4.69, 9.17) is 9.47 Å². The lowest BCUT2D eigenvalue weighted by atomic mass is 10.0. The number of benzene rings is 2. The zero-order valence-electron chi connectivity index (χ0n) is 32.2. The van der Waals surface area contributed by atoms with Crippen LogP contribution in [0.4, 0.5) is 9.59 Å². The Balaban J connectivity index is 1.10. The molecule has 2 aliphatic rings. The number of imidazole rings is 2. The third-order valence-corrected chi connectivity index (χ3v) is 10.4. The van der Waals surface area contributed by atoms with Gasteiger partial charge in [0, 0.05) is 13.1 Å². The molecule has 2 saturated heterocycles. The maximum absolute atomic E-state index is 13.5. The molecule has 0 radical (unpaired) electrons. The number of rotatable bonds is 12. The smallest absolute Gasteiger partial charge is 0.407 e. The molecule has 16 heteroatoms. The van der Waals surface area contributed by atoms with Crippen LogP contribution in [0.2, 0.25) is 0 Å². The molecule has 0 saturated carbocycles. The molecule has 296 valence electrons. The van der Waals surface area contributed by atoms with E-state index < -0.39 is 36.1 Å². The number of esters is 1. The van der Waals surface area contributed by atoms with Gasteiger partial charge in [-0.1, -0.05) is 62.4 Å². The summed E-state index contributed by atoms with van der Waals surface area (Å²) in [7, 11) is 3.69. The summed E-state index contributed by atoms with van der Waals surface area (Å²) in [5.41, 5.74) is 5.55. The summed E-state index contributed by atoms with van der Waals surface area (Å²) in [6.45, 7) is 4.81. The topological polar surface area (TPSA) is 201 Å². The van der Waals surface area contributed by atoms with Crippen molar-refractivity contribution < 1.29 is 38.2 Å². The van der Waals surface area contributed by atoms with Crippen LogP contribution in [-0.2, 0) is 28.6 Å². The quantitative estimate of drug-likeness (QED) is 0.111. The second-order valence-corrected chi connectivity index (χ2v) is 14.2. The van der Waals surface area contributed by atoms with Crippen molar-refractivity contribution >= 4 is 30.0 Å². The first kappa shape index (κ1) is 39.5. The number of H-pyrrole nitrogens is 2. The van der Waals surface area contributed by atoms with E-state index in [-0.39, 0.29) is 30.3 Å². The van der Waals surface area contributed by atoms with Crippen molar-refractivity contribution in [2.45, 2.75) is 70.1 Å². The molecule has 2 aromatic heterocycles. The van der Waals surface area contributed by atoms with Crippen molar-refractivity contribution in [2.75, 3.05) is 34.4 Å². The van der Waals surface area contributed by atoms with Gasteiger partial charge < -0.3 is 44.6 Å². The normalized spacial score (nSPS) is 17.7. The molecule has 0 aliphatic carbocycles. The molecule has 56 heavy (non-hydrogen) atoms. The van der Waals surface area contributed by atoms with Crippen LogP contribution in [-0.4, -0.2) is 106 Å². The number of carbonyl (C=O) groups is 5. The number of hydrogen-bond acceptors (Lipinski definition) is 10. The SMILES string of the molecule is COC(=O)C[C@H](NC(=O)OC)C(=O)N1CCC[C@H]1c1ncc(-c2ccc(-c3ccc(-c4cnc([C@@H]5CCCN5C(=O)[C@@H](NC(=O)OC)C(C)C)[nH]4)cc3)cc2)[nH]1. The van der Waals surface area contributed by atoms with E-state index in [0.29, 0.717) is 31.2 Å². The van der Waals surface area contributed by atoms with Gasteiger partial charge in [0.25, 0.3) is 0 Å². The molecule has 2 fully saturated rings. The summed E-state index contributed by atoms with van der Waals surface area (Å²) in [4.78, 5) is 82.4. The van der Waals surface area contributed by atoms with Gasteiger partial charge in [-0.05, 0) is 53.9 Å². The number of methoxy groups -OCH3 is 3. The lowest BCUT2D eigenvalue weighted by molar-refractivity contribution is -0.145. The first-order chi connectivity index (χ1) is 27.0. The van der Waals surface area contributed by atoms with Gasteiger partial charge in [-0.2, -0.15) is 0 Å².